The Bertz CT molecular complexity index is 958. The van der Waals surface area contributed by atoms with E-state index in [0.717, 1.165) is 37.7 Å². The highest BCUT2D eigenvalue weighted by molar-refractivity contribution is 6.33. The fourth-order valence-corrected chi connectivity index (χ4v) is 3.40. The second kappa shape index (κ2) is 8.27. The predicted octanol–water partition coefficient (Wildman–Crippen LogP) is 3.71. The normalized spacial score (nSPS) is 14.0. The van der Waals surface area contributed by atoms with E-state index in [2.05, 4.69) is 25.1 Å². The number of anilines is 3. The molecule has 3 aromatic rings. The first-order valence-electron chi connectivity index (χ1n) is 9.12. The van der Waals surface area contributed by atoms with Crippen molar-refractivity contribution in [3.63, 3.8) is 0 Å². The second-order valence-electron chi connectivity index (χ2n) is 6.53. The van der Waals surface area contributed by atoms with Crippen molar-refractivity contribution >= 4 is 34.7 Å². The lowest BCUT2D eigenvalue weighted by Crippen LogP contribution is -2.46. The van der Waals surface area contributed by atoms with Crippen molar-refractivity contribution in [2.45, 2.75) is 0 Å². The first kappa shape index (κ1) is 18.3. The number of amides is 1. The molecule has 1 N–H and O–H groups in total. The minimum absolute atomic E-state index is 0.227. The van der Waals surface area contributed by atoms with Crippen molar-refractivity contribution < 1.29 is 4.79 Å². The lowest BCUT2D eigenvalue weighted by atomic mass is 10.2. The third-order valence-electron chi connectivity index (χ3n) is 4.73. The van der Waals surface area contributed by atoms with Crippen LogP contribution in [-0.2, 0) is 0 Å². The lowest BCUT2D eigenvalue weighted by Gasteiger charge is -2.36. The van der Waals surface area contributed by atoms with E-state index < -0.39 is 0 Å². The Hall–Kier alpha value is -3.12. The minimum atomic E-state index is -0.227. The van der Waals surface area contributed by atoms with Crippen molar-refractivity contribution in [2.75, 3.05) is 41.3 Å². The molecule has 28 heavy (non-hydrogen) atoms. The van der Waals surface area contributed by atoms with Gasteiger partial charge in [0.2, 0.25) is 0 Å². The van der Waals surface area contributed by atoms with Gasteiger partial charge in [0, 0.05) is 38.6 Å². The van der Waals surface area contributed by atoms with Crippen LogP contribution >= 0.6 is 11.6 Å². The van der Waals surface area contributed by atoms with Gasteiger partial charge in [0.1, 0.15) is 5.82 Å². The molecule has 0 radical (unpaired) electrons. The highest BCUT2D eigenvalue weighted by Crippen LogP contribution is 2.23. The molecule has 0 unspecified atom stereocenters. The Balaban J connectivity index is 1.43. The fraction of sp³-hybridized carbons (Fsp3) is 0.190. The van der Waals surface area contributed by atoms with Gasteiger partial charge in [0.25, 0.3) is 5.91 Å². The number of carbonyl (C=O) groups is 1. The van der Waals surface area contributed by atoms with Crippen LogP contribution in [0.15, 0.2) is 67.1 Å². The van der Waals surface area contributed by atoms with Gasteiger partial charge in [-0.05, 0) is 30.3 Å². The van der Waals surface area contributed by atoms with Crippen LogP contribution in [0.25, 0.3) is 0 Å². The quantitative estimate of drug-likeness (QED) is 0.732. The maximum atomic E-state index is 12.6. The first-order valence-corrected chi connectivity index (χ1v) is 9.50. The molecule has 2 aromatic heterocycles. The summed E-state index contributed by atoms with van der Waals surface area (Å²) in [4.78, 5) is 25.8. The summed E-state index contributed by atoms with van der Waals surface area (Å²) >= 11 is 6.12. The number of halogens is 1. The Morgan fingerprint density at radius 2 is 1.71 bits per heavy atom. The van der Waals surface area contributed by atoms with Crippen LogP contribution in [0.2, 0.25) is 5.02 Å². The topological polar surface area (TPSA) is 61.4 Å². The zero-order chi connectivity index (χ0) is 19.3. The number of benzene rings is 1. The molecule has 1 aromatic carbocycles. The average molecular weight is 394 g/mol. The van der Waals surface area contributed by atoms with Gasteiger partial charge >= 0.3 is 0 Å². The van der Waals surface area contributed by atoms with Crippen molar-refractivity contribution in [1.29, 1.82) is 0 Å². The van der Waals surface area contributed by atoms with Gasteiger partial charge in [0.05, 0.1) is 28.2 Å². The number of aromatic nitrogens is 2. The summed E-state index contributed by atoms with van der Waals surface area (Å²) in [5.41, 5.74) is 2.03. The van der Waals surface area contributed by atoms with E-state index in [4.69, 9.17) is 11.6 Å². The summed E-state index contributed by atoms with van der Waals surface area (Å²) in [6.45, 7) is 3.42. The van der Waals surface area contributed by atoms with Crippen molar-refractivity contribution in [3.05, 3.63) is 77.7 Å². The zero-order valence-electron chi connectivity index (χ0n) is 15.3. The minimum Gasteiger partial charge on any atom is -0.367 e. The molecule has 1 aliphatic heterocycles. The molecule has 0 spiro atoms. The molecular weight excluding hydrogens is 374 g/mol. The lowest BCUT2D eigenvalue weighted by molar-refractivity contribution is 0.102. The monoisotopic (exact) mass is 393 g/mol. The molecule has 1 aliphatic rings. The third-order valence-corrected chi connectivity index (χ3v) is 5.06. The summed E-state index contributed by atoms with van der Waals surface area (Å²) in [6, 6.07) is 15.0. The Labute approximate surface area is 168 Å². The van der Waals surface area contributed by atoms with Crippen LogP contribution in [0.4, 0.5) is 17.2 Å². The standard InChI is InChI=1S/C21H20ClN5O/c22-18-5-1-2-6-19(18)25-21(28)16-13-17(15-23-14-16)26-9-11-27(12-10-26)20-7-3-4-8-24-20/h1-8,13-15H,9-12H2,(H,25,28). The van der Waals surface area contributed by atoms with E-state index in [1.807, 2.05) is 42.6 Å². The summed E-state index contributed by atoms with van der Waals surface area (Å²) in [7, 11) is 0. The molecule has 0 atom stereocenters. The second-order valence-corrected chi connectivity index (χ2v) is 6.94. The highest BCUT2D eigenvalue weighted by atomic mass is 35.5. The van der Waals surface area contributed by atoms with Gasteiger partial charge in [-0.25, -0.2) is 4.98 Å². The van der Waals surface area contributed by atoms with Crippen LogP contribution in [0.1, 0.15) is 10.4 Å². The van der Waals surface area contributed by atoms with Crippen LogP contribution in [0.5, 0.6) is 0 Å². The smallest absolute Gasteiger partial charge is 0.257 e. The molecule has 4 rings (SSSR count). The molecule has 7 heteroatoms. The van der Waals surface area contributed by atoms with Crippen LogP contribution in [0.3, 0.4) is 0 Å². The maximum Gasteiger partial charge on any atom is 0.257 e. The number of nitrogens with zero attached hydrogens (tertiary/aromatic N) is 4. The number of piperazine rings is 1. The van der Waals surface area contributed by atoms with E-state index in [1.54, 1.807) is 24.5 Å². The molecule has 1 amide bonds. The maximum absolute atomic E-state index is 12.6. The van der Waals surface area contributed by atoms with Gasteiger partial charge in [-0.15, -0.1) is 0 Å². The van der Waals surface area contributed by atoms with Crippen molar-refractivity contribution in [2.24, 2.45) is 0 Å². The van der Waals surface area contributed by atoms with Gasteiger partial charge in [0.15, 0.2) is 0 Å². The molecule has 142 valence electrons. The van der Waals surface area contributed by atoms with E-state index in [-0.39, 0.29) is 5.91 Å². The average Bonchev–Trinajstić information content (AvgIpc) is 2.76. The Morgan fingerprint density at radius 1 is 0.964 bits per heavy atom. The molecule has 3 heterocycles. The Kier molecular flexibility index (Phi) is 5.39. The number of carbonyl (C=O) groups excluding carboxylic acids is 1. The van der Waals surface area contributed by atoms with Crippen molar-refractivity contribution in [1.82, 2.24) is 9.97 Å². The fourth-order valence-electron chi connectivity index (χ4n) is 3.22. The van der Waals surface area contributed by atoms with E-state index in [1.165, 1.54) is 0 Å². The van der Waals surface area contributed by atoms with Gasteiger partial charge < -0.3 is 15.1 Å². The Morgan fingerprint density at radius 3 is 2.46 bits per heavy atom. The van der Waals surface area contributed by atoms with Crippen LogP contribution in [0, 0.1) is 0 Å². The summed E-state index contributed by atoms with van der Waals surface area (Å²) in [6.07, 6.45) is 5.18. The van der Waals surface area contributed by atoms with Gasteiger partial charge in [-0.1, -0.05) is 29.8 Å². The van der Waals surface area contributed by atoms with Crippen molar-refractivity contribution in [3.8, 4) is 0 Å². The summed E-state index contributed by atoms with van der Waals surface area (Å²) in [5, 5.41) is 3.34. The predicted molar refractivity (Wildman–Crippen MR) is 112 cm³/mol. The third kappa shape index (κ3) is 4.07. The number of para-hydroxylation sites is 1. The number of pyridine rings is 2. The van der Waals surface area contributed by atoms with Crippen LogP contribution in [-0.4, -0.2) is 42.1 Å². The SMILES string of the molecule is O=C(Nc1ccccc1Cl)c1cncc(N2CCN(c3ccccn3)CC2)c1. The largest absolute Gasteiger partial charge is 0.367 e. The van der Waals surface area contributed by atoms with E-state index in [9.17, 15) is 4.79 Å². The summed E-state index contributed by atoms with van der Waals surface area (Å²) in [5.74, 6) is 0.766. The molecule has 1 saturated heterocycles. The molecule has 1 fully saturated rings. The highest BCUT2D eigenvalue weighted by Gasteiger charge is 2.19. The first-order chi connectivity index (χ1) is 13.7. The van der Waals surface area contributed by atoms with Crippen LogP contribution < -0.4 is 15.1 Å². The molecule has 0 aliphatic carbocycles. The number of hydrogen-bond donors (Lipinski definition) is 1. The van der Waals surface area contributed by atoms with Gasteiger partial charge in [-0.3, -0.25) is 9.78 Å². The van der Waals surface area contributed by atoms with Gasteiger partial charge in [-0.2, -0.15) is 0 Å². The molecule has 0 bridgehead atoms. The number of nitrogens with one attached hydrogen (secondary N) is 1. The molecular formula is C21H20ClN5O. The zero-order valence-corrected chi connectivity index (χ0v) is 16.0. The van der Waals surface area contributed by atoms with E-state index >= 15 is 0 Å². The molecule has 0 saturated carbocycles. The van der Waals surface area contributed by atoms with E-state index in [0.29, 0.717) is 16.3 Å². The molecule has 6 nitrogen and oxygen atoms in total. The number of rotatable bonds is 4. The summed E-state index contributed by atoms with van der Waals surface area (Å²) < 4.78 is 0. The number of hydrogen-bond acceptors (Lipinski definition) is 5.